The van der Waals surface area contributed by atoms with E-state index in [-0.39, 0.29) is 11.9 Å². The minimum atomic E-state index is -0.0247. The van der Waals surface area contributed by atoms with E-state index in [0.29, 0.717) is 0 Å². The monoisotopic (exact) mass is 296 g/mol. The molecule has 0 bridgehead atoms. The molecule has 3 nitrogen and oxygen atoms in total. The van der Waals surface area contributed by atoms with Crippen LogP contribution < -0.4 is 10.6 Å². The number of hydrogen-bond acceptors (Lipinski definition) is 2. The Morgan fingerprint density at radius 2 is 2.41 bits per heavy atom. The summed E-state index contributed by atoms with van der Waals surface area (Å²) in [6.07, 6.45) is 2.93. The molecule has 0 spiro atoms. The van der Waals surface area contributed by atoms with Gasteiger partial charge in [0.2, 0.25) is 5.91 Å². The van der Waals surface area contributed by atoms with E-state index < -0.39 is 0 Å². The minimum Gasteiger partial charge on any atom is -0.324 e. The van der Waals surface area contributed by atoms with E-state index >= 15 is 0 Å². The van der Waals surface area contributed by atoms with Crippen LogP contribution in [-0.2, 0) is 11.2 Å². The van der Waals surface area contributed by atoms with Crippen molar-refractivity contribution in [3.05, 3.63) is 28.2 Å². The van der Waals surface area contributed by atoms with Crippen LogP contribution in [0.15, 0.2) is 22.7 Å². The Hall–Kier alpha value is -0.870. The standard InChI is InChI=1S/C13H17BrN2O/c1-2-9-8-10(14)5-6-11(9)16-13(17)12-4-3-7-15-12/h5-6,8,12,15H,2-4,7H2,1H3,(H,16,17)/t12-/m0/s1. The molecule has 1 fully saturated rings. The normalized spacial score (nSPS) is 19.3. The van der Waals surface area contributed by atoms with Crippen molar-refractivity contribution >= 4 is 27.5 Å². The summed E-state index contributed by atoms with van der Waals surface area (Å²) in [6, 6.07) is 5.94. The van der Waals surface area contributed by atoms with Crippen molar-refractivity contribution in [2.24, 2.45) is 0 Å². The fraction of sp³-hybridized carbons (Fsp3) is 0.462. The number of aryl methyl sites for hydroxylation is 1. The molecule has 4 heteroatoms. The molecule has 1 aromatic rings. The second kappa shape index (κ2) is 5.65. The highest BCUT2D eigenvalue weighted by Gasteiger charge is 2.22. The van der Waals surface area contributed by atoms with Gasteiger partial charge in [-0.25, -0.2) is 0 Å². The Labute approximate surface area is 110 Å². The first-order chi connectivity index (χ1) is 8.20. The molecule has 1 aromatic carbocycles. The number of amides is 1. The Balaban J connectivity index is 2.09. The first-order valence-electron chi connectivity index (χ1n) is 6.03. The molecule has 92 valence electrons. The van der Waals surface area contributed by atoms with E-state index in [4.69, 9.17) is 0 Å². The molecule has 1 heterocycles. The molecule has 17 heavy (non-hydrogen) atoms. The van der Waals surface area contributed by atoms with Gasteiger partial charge in [-0.2, -0.15) is 0 Å². The molecule has 1 saturated heterocycles. The highest BCUT2D eigenvalue weighted by atomic mass is 79.9. The molecule has 0 radical (unpaired) electrons. The second-order valence-electron chi connectivity index (χ2n) is 4.29. The first kappa shape index (κ1) is 12.6. The van der Waals surface area contributed by atoms with Crippen LogP contribution in [-0.4, -0.2) is 18.5 Å². The lowest BCUT2D eigenvalue weighted by Gasteiger charge is -2.14. The molecule has 1 aliphatic rings. The molecular formula is C13H17BrN2O. The molecule has 0 aliphatic carbocycles. The van der Waals surface area contributed by atoms with Gasteiger partial charge in [-0.1, -0.05) is 22.9 Å². The Morgan fingerprint density at radius 1 is 1.59 bits per heavy atom. The number of anilines is 1. The van der Waals surface area contributed by atoms with Crippen molar-refractivity contribution < 1.29 is 4.79 Å². The van der Waals surface area contributed by atoms with E-state index in [1.807, 2.05) is 12.1 Å². The van der Waals surface area contributed by atoms with Gasteiger partial charge < -0.3 is 10.6 Å². The topological polar surface area (TPSA) is 41.1 Å². The van der Waals surface area contributed by atoms with Gasteiger partial charge in [0.1, 0.15) is 0 Å². The van der Waals surface area contributed by atoms with Crippen molar-refractivity contribution in [1.29, 1.82) is 0 Å². The third-order valence-electron chi connectivity index (χ3n) is 3.08. The van der Waals surface area contributed by atoms with Crippen molar-refractivity contribution in [1.82, 2.24) is 5.32 Å². The van der Waals surface area contributed by atoms with Crippen LogP contribution in [0.1, 0.15) is 25.3 Å². The van der Waals surface area contributed by atoms with Crippen molar-refractivity contribution in [3.63, 3.8) is 0 Å². The molecule has 1 atom stereocenters. The summed E-state index contributed by atoms with van der Waals surface area (Å²) in [5.74, 6) is 0.0829. The van der Waals surface area contributed by atoms with E-state index in [1.54, 1.807) is 0 Å². The third kappa shape index (κ3) is 3.07. The zero-order valence-corrected chi connectivity index (χ0v) is 11.5. The molecule has 2 N–H and O–H groups in total. The van der Waals surface area contributed by atoms with Gasteiger partial charge in [0.25, 0.3) is 0 Å². The minimum absolute atomic E-state index is 0.0247. The third-order valence-corrected chi connectivity index (χ3v) is 3.58. The summed E-state index contributed by atoms with van der Waals surface area (Å²) < 4.78 is 1.05. The summed E-state index contributed by atoms with van der Waals surface area (Å²) >= 11 is 3.44. The Kier molecular flexibility index (Phi) is 4.18. The number of carbonyl (C=O) groups is 1. The molecule has 1 amide bonds. The van der Waals surface area contributed by atoms with Crippen LogP contribution in [0.5, 0.6) is 0 Å². The summed E-state index contributed by atoms with van der Waals surface area (Å²) in [5.41, 5.74) is 2.08. The molecule has 0 saturated carbocycles. The summed E-state index contributed by atoms with van der Waals surface area (Å²) in [6.45, 7) is 3.03. The van der Waals surface area contributed by atoms with Crippen molar-refractivity contribution in [2.75, 3.05) is 11.9 Å². The summed E-state index contributed by atoms with van der Waals surface area (Å²) in [4.78, 5) is 12.0. The fourth-order valence-corrected chi connectivity index (χ4v) is 2.51. The van der Waals surface area contributed by atoms with Crippen LogP contribution in [0.3, 0.4) is 0 Å². The average Bonchev–Trinajstić information content (AvgIpc) is 2.85. The maximum absolute atomic E-state index is 12.0. The van der Waals surface area contributed by atoms with Gasteiger partial charge in [-0.3, -0.25) is 4.79 Å². The number of nitrogens with one attached hydrogen (secondary N) is 2. The number of benzene rings is 1. The summed E-state index contributed by atoms with van der Waals surface area (Å²) in [7, 11) is 0. The number of carbonyl (C=O) groups excluding carboxylic acids is 1. The Bertz CT molecular complexity index is 414. The lowest BCUT2D eigenvalue weighted by atomic mass is 10.1. The van der Waals surface area contributed by atoms with Gasteiger partial charge in [-0.05, 0) is 49.6 Å². The SMILES string of the molecule is CCc1cc(Br)ccc1NC(=O)[C@@H]1CCCN1. The van der Waals surface area contributed by atoms with Crippen LogP contribution in [0.25, 0.3) is 0 Å². The number of halogens is 1. The maximum Gasteiger partial charge on any atom is 0.241 e. The lowest BCUT2D eigenvalue weighted by molar-refractivity contribution is -0.117. The molecular weight excluding hydrogens is 280 g/mol. The van der Waals surface area contributed by atoms with E-state index in [1.165, 1.54) is 0 Å². The second-order valence-corrected chi connectivity index (χ2v) is 5.21. The van der Waals surface area contributed by atoms with Gasteiger partial charge in [0.05, 0.1) is 6.04 Å². The summed E-state index contributed by atoms with van der Waals surface area (Å²) in [5, 5.41) is 6.21. The Morgan fingerprint density at radius 3 is 3.06 bits per heavy atom. The van der Waals surface area contributed by atoms with E-state index in [0.717, 1.165) is 41.5 Å². The zero-order valence-electron chi connectivity index (χ0n) is 9.92. The smallest absolute Gasteiger partial charge is 0.241 e. The van der Waals surface area contributed by atoms with Gasteiger partial charge in [0.15, 0.2) is 0 Å². The predicted molar refractivity (Wildman–Crippen MR) is 73.2 cm³/mol. The van der Waals surface area contributed by atoms with Crippen LogP contribution in [0, 0.1) is 0 Å². The first-order valence-corrected chi connectivity index (χ1v) is 6.82. The maximum atomic E-state index is 12.0. The van der Waals surface area contributed by atoms with E-state index in [2.05, 4.69) is 39.6 Å². The molecule has 0 unspecified atom stereocenters. The predicted octanol–water partition coefficient (Wildman–Crippen LogP) is 2.70. The van der Waals surface area contributed by atoms with Crippen molar-refractivity contribution in [2.45, 2.75) is 32.2 Å². The highest BCUT2D eigenvalue weighted by Crippen LogP contribution is 2.22. The van der Waals surface area contributed by atoms with Gasteiger partial charge in [-0.15, -0.1) is 0 Å². The molecule has 2 rings (SSSR count). The zero-order chi connectivity index (χ0) is 12.3. The molecule has 0 aromatic heterocycles. The van der Waals surface area contributed by atoms with Crippen LogP contribution in [0.2, 0.25) is 0 Å². The fourth-order valence-electron chi connectivity index (χ4n) is 2.10. The lowest BCUT2D eigenvalue weighted by Crippen LogP contribution is -2.35. The van der Waals surface area contributed by atoms with Crippen LogP contribution >= 0.6 is 15.9 Å². The van der Waals surface area contributed by atoms with Gasteiger partial charge >= 0.3 is 0 Å². The van der Waals surface area contributed by atoms with Crippen molar-refractivity contribution in [3.8, 4) is 0 Å². The quantitative estimate of drug-likeness (QED) is 0.900. The largest absolute Gasteiger partial charge is 0.324 e. The highest BCUT2D eigenvalue weighted by molar-refractivity contribution is 9.10. The molecule has 1 aliphatic heterocycles. The van der Waals surface area contributed by atoms with E-state index in [9.17, 15) is 4.79 Å². The average molecular weight is 297 g/mol. The number of rotatable bonds is 3. The van der Waals surface area contributed by atoms with Crippen LogP contribution in [0.4, 0.5) is 5.69 Å². The number of hydrogen-bond donors (Lipinski definition) is 2. The van der Waals surface area contributed by atoms with Gasteiger partial charge in [0, 0.05) is 10.2 Å².